The third kappa shape index (κ3) is 4.05. The molecule has 3 rings (SSSR count). The summed E-state index contributed by atoms with van der Waals surface area (Å²) in [5.41, 5.74) is 0.510. The first-order valence-electron chi connectivity index (χ1n) is 7.58. The lowest BCUT2D eigenvalue weighted by molar-refractivity contribution is -0.385. The number of furan rings is 1. The van der Waals surface area contributed by atoms with Crippen molar-refractivity contribution < 1.29 is 18.9 Å². The molecule has 1 N–H and O–H groups in total. The maximum absolute atomic E-state index is 12.4. The molecule has 2 aromatic carbocycles. The van der Waals surface area contributed by atoms with Gasteiger partial charge in [0.15, 0.2) is 11.5 Å². The van der Waals surface area contributed by atoms with Gasteiger partial charge in [-0.1, -0.05) is 23.2 Å². The number of anilines is 1. The van der Waals surface area contributed by atoms with Crippen LogP contribution in [0.25, 0.3) is 11.3 Å². The lowest BCUT2D eigenvalue weighted by atomic mass is 10.2. The Bertz CT molecular complexity index is 1030. The van der Waals surface area contributed by atoms with Crippen LogP contribution in [0, 0.1) is 10.1 Å². The number of carbonyl (C=O) groups excluding carboxylic acids is 1. The highest BCUT2D eigenvalue weighted by molar-refractivity contribution is 6.35. The first-order valence-corrected chi connectivity index (χ1v) is 8.33. The van der Waals surface area contributed by atoms with Crippen molar-refractivity contribution in [2.45, 2.75) is 0 Å². The lowest BCUT2D eigenvalue weighted by Crippen LogP contribution is -2.11. The van der Waals surface area contributed by atoms with E-state index < -0.39 is 10.8 Å². The molecule has 0 aliphatic heterocycles. The smallest absolute Gasteiger partial charge is 0.312 e. The summed E-state index contributed by atoms with van der Waals surface area (Å²) < 4.78 is 10.5. The molecule has 0 fully saturated rings. The number of amides is 1. The van der Waals surface area contributed by atoms with E-state index >= 15 is 0 Å². The van der Waals surface area contributed by atoms with Crippen LogP contribution < -0.4 is 10.1 Å². The van der Waals surface area contributed by atoms with E-state index in [-0.39, 0.29) is 22.9 Å². The van der Waals surface area contributed by atoms with Gasteiger partial charge in [-0.25, -0.2) is 0 Å². The van der Waals surface area contributed by atoms with E-state index in [1.807, 2.05) is 0 Å². The first kappa shape index (κ1) is 18.8. The third-order valence-electron chi connectivity index (χ3n) is 3.66. The molecule has 0 atom stereocenters. The summed E-state index contributed by atoms with van der Waals surface area (Å²) in [6.07, 6.45) is 0. The highest BCUT2D eigenvalue weighted by Crippen LogP contribution is 2.33. The number of hydrogen-bond donors (Lipinski definition) is 1. The van der Waals surface area contributed by atoms with Crippen molar-refractivity contribution in [1.82, 2.24) is 0 Å². The van der Waals surface area contributed by atoms with Gasteiger partial charge >= 0.3 is 5.69 Å². The average Bonchev–Trinajstić information content (AvgIpc) is 3.13. The minimum Gasteiger partial charge on any atom is -0.490 e. The Kier molecular flexibility index (Phi) is 5.34. The van der Waals surface area contributed by atoms with Crippen LogP contribution in [0.3, 0.4) is 0 Å². The van der Waals surface area contributed by atoms with Crippen molar-refractivity contribution in [2.75, 3.05) is 12.4 Å². The fraction of sp³-hybridized carbons (Fsp3) is 0.0556. The largest absolute Gasteiger partial charge is 0.490 e. The predicted octanol–water partition coefficient (Wildman–Crippen LogP) is 5.42. The Balaban J connectivity index is 1.84. The molecule has 1 heterocycles. The van der Waals surface area contributed by atoms with Crippen molar-refractivity contribution >= 4 is 40.5 Å². The number of ether oxygens (including phenoxy) is 1. The lowest BCUT2D eigenvalue weighted by Gasteiger charge is -2.06. The minimum absolute atomic E-state index is 0.0134. The third-order valence-corrected chi connectivity index (χ3v) is 4.22. The number of nitro benzene ring substituents is 1. The monoisotopic (exact) mass is 406 g/mol. The van der Waals surface area contributed by atoms with Gasteiger partial charge in [0, 0.05) is 22.3 Å². The molecule has 9 heteroatoms. The topological polar surface area (TPSA) is 94.6 Å². The highest BCUT2D eigenvalue weighted by Gasteiger charge is 2.18. The number of nitrogens with one attached hydrogen (secondary N) is 1. The standard InChI is InChI=1S/C18H12Cl2N2O5/c1-26-16-5-3-11(9-14(16)22(24)25)21-18(23)17-7-6-15(27-17)12-8-10(19)2-4-13(12)20/h2-9H,1H3,(H,21,23). The van der Waals surface area contributed by atoms with Crippen LogP contribution in [0.15, 0.2) is 52.9 Å². The Labute approximate surface area is 163 Å². The molecule has 0 radical (unpaired) electrons. The SMILES string of the molecule is COc1ccc(NC(=O)c2ccc(-c3cc(Cl)ccc3Cl)o2)cc1[N+](=O)[O-]. The molecule has 0 saturated carbocycles. The van der Waals surface area contributed by atoms with Gasteiger partial charge in [-0.15, -0.1) is 0 Å². The molecule has 0 bridgehead atoms. The fourth-order valence-corrected chi connectivity index (χ4v) is 2.78. The van der Waals surface area contributed by atoms with Crippen LogP contribution >= 0.6 is 23.2 Å². The van der Waals surface area contributed by atoms with Crippen LogP contribution in [0.1, 0.15) is 10.6 Å². The normalized spacial score (nSPS) is 10.5. The second-order valence-corrected chi connectivity index (χ2v) is 6.23. The van der Waals surface area contributed by atoms with Gasteiger partial charge in [0.2, 0.25) is 0 Å². The van der Waals surface area contributed by atoms with E-state index in [9.17, 15) is 14.9 Å². The molecule has 0 aliphatic rings. The second kappa shape index (κ2) is 7.69. The van der Waals surface area contributed by atoms with Gasteiger partial charge in [-0.05, 0) is 42.5 Å². The van der Waals surface area contributed by atoms with E-state index in [1.165, 1.54) is 31.4 Å². The molecule has 0 spiro atoms. The number of rotatable bonds is 5. The summed E-state index contributed by atoms with van der Waals surface area (Å²) in [6.45, 7) is 0. The maximum atomic E-state index is 12.4. The van der Waals surface area contributed by atoms with Crippen LogP contribution in [0.2, 0.25) is 10.0 Å². The molecule has 7 nitrogen and oxygen atoms in total. The number of halogens is 2. The van der Waals surface area contributed by atoms with Crippen molar-refractivity contribution in [3.05, 3.63) is 74.5 Å². The zero-order valence-electron chi connectivity index (χ0n) is 13.9. The highest BCUT2D eigenvalue weighted by atomic mass is 35.5. The molecular weight excluding hydrogens is 395 g/mol. The Morgan fingerprint density at radius 1 is 1.15 bits per heavy atom. The molecule has 1 amide bonds. The maximum Gasteiger partial charge on any atom is 0.312 e. The van der Waals surface area contributed by atoms with Crippen LogP contribution in [-0.4, -0.2) is 17.9 Å². The Morgan fingerprint density at radius 3 is 2.63 bits per heavy atom. The predicted molar refractivity (Wildman–Crippen MR) is 102 cm³/mol. The summed E-state index contributed by atoms with van der Waals surface area (Å²) in [6, 6.07) is 12.0. The van der Waals surface area contributed by atoms with Crippen LogP contribution in [-0.2, 0) is 0 Å². The zero-order valence-corrected chi connectivity index (χ0v) is 15.4. The summed E-state index contributed by atoms with van der Waals surface area (Å²) in [5.74, 6) is -0.0966. The fourth-order valence-electron chi connectivity index (χ4n) is 2.39. The first-order chi connectivity index (χ1) is 12.9. The molecule has 0 unspecified atom stereocenters. The minimum atomic E-state index is -0.597. The quantitative estimate of drug-likeness (QED) is 0.450. The van der Waals surface area contributed by atoms with Crippen LogP contribution in [0.4, 0.5) is 11.4 Å². The van der Waals surface area contributed by atoms with Gasteiger partial charge in [-0.3, -0.25) is 14.9 Å². The van der Waals surface area contributed by atoms with Gasteiger partial charge < -0.3 is 14.5 Å². The van der Waals surface area contributed by atoms with E-state index in [4.69, 9.17) is 32.4 Å². The van der Waals surface area contributed by atoms with Crippen molar-refractivity contribution in [3.8, 4) is 17.1 Å². The van der Waals surface area contributed by atoms with E-state index in [1.54, 1.807) is 24.3 Å². The van der Waals surface area contributed by atoms with Crippen LogP contribution in [0.5, 0.6) is 5.75 Å². The molecule has 138 valence electrons. The van der Waals surface area contributed by atoms with Crippen molar-refractivity contribution in [3.63, 3.8) is 0 Å². The Morgan fingerprint density at radius 2 is 1.93 bits per heavy atom. The summed E-state index contributed by atoms with van der Waals surface area (Å²) in [5, 5.41) is 14.5. The summed E-state index contributed by atoms with van der Waals surface area (Å²) in [7, 11) is 1.33. The summed E-state index contributed by atoms with van der Waals surface area (Å²) >= 11 is 12.1. The molecule has 1 aromatic heterocycles. The zero-order chi connectivity index (χ0) is 19.6. The van der Waals surface area contributed by atoms with E-state index in [0.29, 0.717) is 21.4 Å². The second-order valence-electron chi connectivity index (χ2n) is 5.39. The van der Waals surface area contributed by atoms with Gasteiger partial charge in [0.05, 0.1) is 17.1 Å². The van der Waals surface area contributed by atoms with Gasteiger partial charge in [-0.2, -0.15) is 0 Å². The molecule has 0 aliphatic carbocycles. The number of benzene rings is 2. The van der Waals surface area contributed by atoms with E-state index in [2.05, 4.69) is 5.32 Å². The number of carbonyl (C=O) groups is 1. The summed E-state index contributed by atoms with van der Waals surface area (Å²) in [4.78, 5) is 22.9. The average molecular weight is 407 g/mol. The molecule has 0 saturated heterocycles. The van der Waals surface area contributed by atoms with Crippen molar-refractivity contribution in [2.24, 2.45) is 0 Å². The molecular formula is C18H12Cl2N2O5. The van der Waals surface area contributed by atoms with Crippen molar-refractivity contribution in [1.29, 1.82) is 0 Å². The Hall–Kier alpha value is -3.03. The number of hydrogen-bond acceptors (Lipinski definition) is 5. The number of nitro groups is 1. The van der Waals surface area contributed by atoms with Gasteiger partial charge in [0.25, 0.3) is 5.91 Å². The van der Waals surface area contributed by atoms with E-state index in [0.717, 1.165) is 0 Å². The van der Waals surface area contributed by atoms with Gasteiger partial charge in [0.1, 0.15) is 5.76 Å². The number of methoxy groups -OCH3 is 1. The number of nitrogens with zero attached hydrogens (tertiary/aromatic N) is 1. The molecule has 3 aromatic rings. The molecule has 27 heavy (non-hydrogen) atoms.